The number of nitrogens with one attached hydrogen (secondary N) is 1. The van der Waals surface area contributed by atoms with Crippen LogP contribution in [0.2, 0.25) is 0 Å². The fourth-order valence-corrected chi connectivity index (χ4v) is 3.31. The number of alkyl halides is 3. The molecule has 0 radical (unpaired) electrons. The standard InChI is InChI=1S/C6H10F3NO6S2/c7-6(8,9)17(11,12)10-18(13,14)16-5-1-3-15-4-2-5/h5,10H,1-4H2. The van der Waals surface area contributed by atoms with Gasteiger partial charge in [0.05, 0.1) is 6.10 Å². The van der Waals surface area contributed by atoms with Crippen molar-refractivity contribution < 1.29 is 38.9 Å². The SMILES string of the molecule is O=S(=O)(NS(=O)(=O)C(F)(F)F)OC1CCOCC1. The lowest BCUT2D eigenvalue weighted by molar-refractivity contribution is -0.0443. The number of sulfonamides is 1. The van der Waals surface area contributed by atoms with Gasteiger partial charge in [0, 0.05) is 13.2 Å². The van der Waals surface area contributed by atoms with E-state index < -0.39 is 31.9 Å². The average Bonchev–Trinajstić information content (AvgIpc) is 2.14. The van der Waals surface area contributed by atoms with E-state index in [1.165, 1.54) is 0 Å². The van der Waals surface area contributed by atoms with Gasteiger partial charge >= 0.3 is 25.8 Å². The van der Waals surface area contributed by atoms with Gasteiger partial charge in [0.15, 0.2) is 0 Å². The summed E-state index contributed by atoms with van der Waals surface area (Å²) in [5.74, 6) is 0. The fourth-order valence-electron chi connectivity index (χ4n) is 1.15. The molecule has 0 atom stereocenters. The van der Waals surface area contributed by atoms with Gasteiger partial charge in [-0.2, -0.15) is 21.6 Å². The van der Waals surface area contributed by atoms with E-state index >= 15 is 0 Å². The van der Waals surface area contributed by atoms with Gasteiger partial charge in [-0.25, -0.2) is 8.42 Å². The van der Waals surface area contributed by atoms with Crippen molar-refractivity contribution in [3.8, 4) is 0 Å². The molecule has 1 saturated heterocycles. The van der Waals surface area contributed by atoms with Crippen molar-refractivity contribution >= 4 is 20.3 Å². The molecule has 108 valence electrons. The third-order valence-electron chi connectivity index (χ3n) is 1.95. The summed E-state index contributed by atoms with van der Waals surface area (Å²) in [5.41, 5.74) is -5.72. The van der Waals surface area contributed by atoms with Crippen molar-refractivity contribution in [3.05, 3.63) is 0 Å². The average molecular weight is 313 g/mol. The highest BCUT2D eigenvalue weighted by molar-refractivity contribution is 8.03. The molecule has 0 aromatic heterocycles. The largest absolute Gasteiger partial charge is 0.512 e. The molecule has 1 fully saturated rings. The molecule has 0 spiro atoms. The Balaban J connectivity index is 2.71. The minimum Gasteiger partial charge on any atom is -0.381 e. The Kier molecular flexibility index (Phi) is 4.59. The van der Waals surface area contributed by atoms with Crippen LogP contribution in [0, 0.1) is 0 Å². The van der Waals surface area contributed by atoms with Crippen LogP contribution < -0.4 is 4.13 Å². The Labute approximate surface area is 102 Å². The smallest absolute Gasteiger partial charge is 0.381 e. The lowest BCUT2D eigenvalue weighted by Gasteiger charge is -2.21. The van der Waals surface area contributed by atoms with Crippen LogP contribution in [0.1, 0.15) is 12.8 Å². The Hall–Kier alpha value is -0.430. The van der Waals surface area contributed by atoms with E-state index in [9.17, 15) is 30.0 Å². The number of hydrogen-bond acceptors (Lipinski definition) is 6. The minimum absolute atomic E-state index is 0.146. The first-order chi connectivity index (χ1) is 8.04. The van der Waals surface area contributed by atoms with Gasteiger partial charge in [0.1, 0.15) is 0 Å². The molecule has 0 unspecified atom stereocenters. The molecule has 18 heavy (non-hydrogen) atoms. The van der Waals surface area contributed by atoms with Gasteiger partial charge in [0.2, 0.25) is 0 Å². The van der Waals surface area contributed by atoms with Crippen molar-refractivity contribution in [3.63, 3.8) is 0 Å². The molecule has 1 N–H and O–H groups in total. The summed E-state index contributed by atoms with van der Waals surface area (Å²) < 4.78 is 88.9. The number of halogens is 3. The predicted octanol–water partition coefficient (Wildman–Crippen LogP) is -0.134. The number of rotatable bonds is 4. The van der Waals surface area contributed by atoms with E-state index in [2.05, 4.69) is 4.18 Å². The van der Waals surface area contributed by atoms with E-state index in [0.717, 1.165) is 0 Å². The molecule has 12 heteroatoms. The van der Waals surface area contributed by atoms with Crippen molar-refractivity contribution in [2.24, 2.45) is 0 Å². The Bertz CT molecular complexity index is 478. The van der Waals surface area contributed by atoms with Gasteiger partial charge in [-0.3, -0.25) is 4.18 Å². The Morgan fingerprint density at radius 2 is 1.61 bits per heavy atom. The van der Waals surface area contributed by atoms with Crippen molar-refractivity contribution in [2.45, 2.75) is 24.5 Å². The lowest BCUT2D eigenvalue weighted by atomic mass is 10.2. The summed E-state index contributed by atoms with van der Waals surface area (Å²) in [7, 11) is -11.0. The number of ether oxygens (including phenoxy) is 1. The second-order valence-corrected chi connectivity index (χ2v) is 6.63. The van der Waals surface area contributed by atoms with Gasteiger partial charge in [-0.1, -0.05) is 4.13 Å². The zero-order valence-corrected chi connectivity index (χ0v) is 10.4. The maximum Gasteiger partial charge on any atom is 0.512 e. The van der Waals surface area contributed by atoms with E-state index in [1.54, 1.807) is 0 Å². The van der Waals surface area contributed by atoms with Gasteiger partial charge in [-0.15, -0.1) is 0 Å². The lowest BCUT2D eigenvalue weighted by Crippen LogP contribution is -2.42. The van der Waals surface area contributed by atoms with Crippen molar-refractivity contribution in [1.29, 1.82) is 0 Å². The second-order valence-electron chi connectivity index (χ2n) is 3.39. The first kappa shape index (κ1) is 15.6. The summed E-state index contributed by atoms with van der Waals surface area (Å²) in [6.07, 6.45) is -0.611. The third kappa shape index (κ3) is 4.35. The summed E-state index contributed by atoms with van der Waals surface area (Å²) >= 11 is 0. The molecular formula is C6H10F3NO6S2. The van der Waals surface area contributed by atoms with Crippen LogP contribution in [-0.4, -0.2) is 41.7 Å². The zero-order valence-electron chi connectivity index (χ0n) is 8.81. The highest BCUT2D eigenvalue weighted by atomic mass is 32.3. The first-order valence-corrected chi connectivity index (χ1v) is 7.53. The molecule has 7 nitrogen and oxygen atoms in total. The first-order valence-electron chi connectivity index (χ1n) is 4.64. The molecule has 1 rings (SSSR count). The molecule has 1 heterocycles. The van der Waals surface area contributed by atoms with Crippen molar-refractivity contribution in [2.75, 3.05) is 13.2 Å². The molecule has 0 amide bonds. The van der Waals surface area contributed by atoms with E-state index in [0.29, 0.717) is 4.13 Å². The molecule has 0 bridgehead atoms. The molecule has 1 aliphatic heterocycles. The summed E-state index contributed by atoms with van der Waals surface area (Å²) in [4.78, 5) is 0. The molecule has 1 aliphatic rings. The van der Waals surface area contributed by atoms with Crippen LogP contribution in [0.3, 0.4) is 0 Å². The molecule has 0 aliphatic carbocycles. The minimum atomic E-state index is -6.00. The summed E-state index contributed by atoms with van der Waals surface area (Å²) in [6, 6.07) is 0. The zero-order chi connectivity index (χ0) is 14.0. The summed E-state index contributed by atoms with van der Waals surface area (Å²) in [6.45, 7) is 0.373. The molecular weight excluding hydrogens is 303 g/mol. The van der Waals surface area contributed by atoms with Gasteiger partial charge < -0.3 is 4.74 Å². The predicted molar refractivity (Wildman–Crippen MR) is 52.0 cm³/mol. The third-order valence-corrected chi connectivity index (χ3v) is 4.78. The van der Waals surface area contributed by atoms with E-state index in [-0.39, 0.29) is 26.1 Å². The van der Waals surface area contributed by atoms with Gasteiger partial charge in [0.25, 0.3) is 0 Å². The Morgan fingerprint density at radius 1 is 1.11 bits per heavy atom. The van der Waals surface area contributed by atoms with Crippen LogP contribution in [0.25, 0.3) is 0 Å². The van der Waals surface area contributed by atoms with Gasteiger partial charge in [-0.05, 0) is 12.8 Å². The summed E-state index contributed by atoms with van der Waals surface area (Å²) in [5, 5.41) is 0. The molecule has 0 aromatic carbocycles. The highest BCUT2D eigenvalue weighted by Gasteiger charge is 2.48. The quantitative estimate of drug-likeness (QED) is 0.776. The normalized spacial score (nSPS) is 19.9. The molecule has 0 saturated carbocycles. The van der Waals surface area contributed by atoms with Crippen LogP contribution in [0.4, 0.5) is 13.2 Å². The number of hydrogen-bond donors (Lipinski definition) is 1. The van der Waals surface area contributed by atoms with Crippen LogP contribution in [0.15, 0.2) is 0 Å². The maximum absolute atomic E-state index is 12.0. The van der Waals surface area contributed by atoms with Crippen LogP contribution in [0.5, 0.6) is 0 Å². The Morgan fingerprint density at radius 3 is 2.06 bits per heavy atom. The maximum atomic E-state index is 12.0. The fraction of sp³-hybridized carbons (Fsp3) is 1.00. The van der Waals surface area contributed by atoms with Crippen molar-refractivity contribution in [1.82, 2.24) is 4.13 Å². The van der Waals surface area contributed by atoms with E-state index in [1.807, 2.05) is 0 Å². The topological polar surface area (TPSA) is 98.8 Å². The van der Waals surface area contributed by atoms with E-state index in [4.69, 9.17) is 4.74 Å². The van der Waals surface area contributed by atoms with Crippen LogP contribution >= 0.6 is 0 Å². The molecule has 0 aromatic rings. The highest BCUT2D eigenvalue weighted by Crippen LogP contribution is 2.23. The monoisotopic (exact) mass is 313 g/mol. The second kappa shape index (κ2) is 5.28. The van der Waals surface area contributed by atoms with Crippen LogP contribution in [-0.2, 0) is 29.2 Å².